The zero-order valence-corrected chi connectivity index (χ0v) is 9.12. The molecule has 7 nitrogen and oxygen atoms in total. The molecule has 2 N–H and O–H groups in total. The number of halogens is 2. The number of nitrogens with zero attached hydrogens (tertiary/aromatic N) is 4. The molecule has 0 atom stereocenters. The van der Waals surface area contributed by atoms with Gasteiger partial charge in [-0.1, -0.05) is 23.2 Å². The highest BCUT2D eigenvalue weighted by Crippen LogP contribution is 2.25. The van der Waals surface area contributed by atoms with Crippen molar-refractivity contribution in [2.24, 2.45) is 0 Å². The molecule has 2 aromatic heterocycles. The molecule has 82 valence electrons. The molecule has 0 spiro atoms. The molecule has 0 saturated carbocycles. The van der Waals surface area contributed by atoms with Crippen LogP contribution in [0.1, 0.15) is 10.5 Å². The van der Waals surface area contributed by atoms with Crippen molar-refractivity contribution in [1.82, 2.24) is 25.4 Å². The number of aromatic amines is 1. The first-order valence-electron chi connectivity index (χ1n) is 4.01. The monoisotopic (exact) mass is 258 g/mol. The Morgan fingerprint density at radius 2 is 2.19 bits per heavy atom. The van der Waals surface area contributed by atoms with Gasteiger partial charge in [0.2, 0.25) is 0 Å². The third-order valence-corrected chi connectivity index (χ3v) is 2.37. The Balaban J connectivity index is 2.22. The van der Waals surface area contributed by atoms with Crippen molar-refractivity contribution in [3.8, 4) is 0 Å². The molecule has 0 fully saturated rings. The smallest absolute Gasteiger partial charge is 0.279 e. The van der Waals surface area contributed by atoms with Gasteiger partial charge in [-0.2, -0.15) is 15.4 Å². The van der Waals surface area contributed by atoms with Crippen molar-refractivity contribution < 1.29 is 4.79 Å². The van der Waals surface area contributed by atoms with Crippen LogP contribution in [0.5, 0.6) is 0 Å². The van der Waals surface area contributed by atoms with Gasteiger partial charge in [-0.3, -0.25) is 4.79 Å². The van der Waals surface area contributed by atoms with Crippen LogP contribution in [0.2, 0.25) is 10.2 Å². The van der Waals surface area contributed by atoms with E-state index in [0.29, 0.717) is 0 Å². The molecule has 0 aliphatic carbocycles. The Hall–Kier alpha value is -1.73. The lowest BCUT2D eigenvalue weighted by Gasteiger charge is -2.03. The second kappa shape index (κ2) is 4.42. The molecule has 0 unspecified atom stereocenters. The Morgan fingerprint density at radius 3 is 2.88 bits per heavy atom. The fraction of sp³-hybridized carbons (Fsp3) is 0. The van der Waals surface area contributed by atoms with Crippen molar-refractivity contribution in [3.05, 3.63) is 28.4 Å². The van der Waals surface area contributed by atoms with Crippen molar-refractivity contribution in [3.63, 3.8) is 0 Å². The van der Waals surface area contributed by atoms with E-state index in [9.17, 15) is 4.79 Å². The highest BCUT2D eigenvalue weighted by molar-refractivity contribution is 6.43. The molecule has 2 heterocycles. The first-order valence-corrected chi connectivity index (χ1v) is 4.77. The maximum atomic E-state index is 11.5. The topological polar surface area (TPSA) is 96.5 Å². The summed E-state index contributed by atoms with van der Waals surface area (Å²) in [5.41, 5.74) is 0.116. The highest BCUT2D eigenvalue weighted by atomic mass is 35.5. The van der Waals surface area contributed by atoms with Crippen molar-refractivity contribution in [2.45, 2.75) is 0 Å². The largest absolute Gasteiger partial charge is 0.304 e. The van der Waals surface area contributed by atoms with Gasteiger partial charge in [0.15, 0.2) is 16.7 Å². The molecule has 16 heavy (non-hydrogen) atoms. The summed E-state index contributed by atoms with van der Waals surface area (Å²) in [5, 5.41) is 12.0. The van der Waals surface area contributed by atoms with Crippen molar-refractivity contribution in [1.29, 1.82) is 0 Å². The first kappa shape index (κ1) is 10.8. The molecule has 0 radical (unpaired) electrons. The van der Waals surface area contributed by atoms with Gasteiger partial charge in [0.1, 0.15) is 11.3 Å². The van der Waals surface area contributed by atoms with E-state index in [4.69, 9.17) is 23.2 Å². The summed E-state index contributed by atoms with van der Waals surface area (Å²) in [5.74, 6) is -0.375. The number of hydrogen-bond donors (Lipinski definition) is 2. The Morgan fingerprint density at radius 1 is 1.38 bits per heavy atom. The van der Waals surface area contributed by atoms with Gasteiger partial charge in [0, 0.05) is 0 Å². The number of carbonyl (C=O) groups excluding carboxylic acids is 1. The van der Waals surface area contributed by atoms with E-state index in [1.165, 1.54) is 12.5 Å². The number of aromatic nitrogens is 5. The molecule has 0 aliphatic rings. The average molecular weight is 259 g/mol. The molecule has 2 rings (SSSR count). The molecule has 1 amide bonds. The average Bonchev–Trinajstić information content (AvgIpc) is 2.78. The fourth-order valence-electron chi connectivity index (χ4n) is 0.918. The third kappa shape index (κ3) is 2.10. The van der Waals surface area contributed by atoms with Crippen molar-refractivity contribution in [2.75, 3.05) is 5.32 Å². The second-order valence-corrected chi connectivity index (χ2v) is 3.37. The zero-order valence-electron chi connectivity index (χ0n) is 7.61. The number of amides is 1. The molecule has 0 aromatic carbocycles. The van der Waals surface area contributed by atoms with Crippen LogP contribution in [0.4, 0.5) is 5.82 Å². The van der Waals surface area contributed by atoms with Gasteiger partial charge in [0.25, 0.3) is 5.91 Å². The number of nitrogens with one attached hydrogen (secondary N) is 2. The van der Waals surface area contributed by atoms with E-state index in [2.05, 4.69) is 30.7 Å². The van der Waals surface area contributed by atoms with Crippen LogP contribution in [0.3, 0.4) is 0 Å². The summed E-state index contributed by atoms with van der Waals surface area (Å²) in [6.45, 7) is 0. The molecule has 0 bridgehead atoms. The molecule has 2 aromatic rings. The lowest BCUT2D eigenvalue weighted by molar-refractivity contribution is 0.102. The molecule has 0 aliphatic heterocycles. The van der Waals surface area contributed by atoms with E-state index in [-0.39, 0.29) is 21.7 Å². The van der Waals surface area contributed by atoms with Gasteiger partial charge in [-0.25, -0.2) is 9.97 Å². The summed E-state index contributed by atoms with van der Waals surface area (Å²) in [7, 11) is 0. The van der Waals surface area contributed by atoms with E-state index in [0.717, 1.165) is 0 Å². The van der Waals surface area contributed by atoms with E-state index < -0.39 is 5.91 Å². The standard InChI is InChI=1S/C7H4Cl2N6O/c8-4-5(9)10-2-11-6(4)13-7(16)3-1-12-15-14-3/h1-2H,(H,12,14,15)(H,10,11,13,16). The van der Waals surface area contributed by atoms with Crippen molar-refractivity contribution >= 4 is 34.9 Å². The van der Waals surface area contributed by atoms with Gasteiger partial charge in [-0.05, 0) is 0 Å². The SMILES string of the molecule is O=C(Nc1ncnc(Cl)c1Cl)c1cn[nH]n1. The summed E-state index contributed by atoms with van der Waals surface area (Å²) in [6, 6.07) is 0. The minimum absolute atomic E-state index is 0.0621. The summed E-state index contributed by atoms with van der Waals surface area (Å²) in [6.07, 6.45) is 2.46. The number of hydrogen-bond acceptors (Lipinski definition) is 5. The predicted octanol–water partition coefficient (Wildman–Crippen LogP) is 1.15. The summed E-state index contributed by atoms with van der Waals surface area (Å²) in [4.78, 5) is 19.0. The molecular weight excluding hydrogens is 255 g/mol. The minimum Gasteiger partial charge on any atom is -0.304 e. The maximum absolute atomic E-state index is 11.5. The number of anilines is 1. The number of rotatable bonds is 2. The Labute approximate surface area is 99.2 Å². The molecule has 0 saturated heterocycles. The summed E-state index contributed by atoms with van der Waals surface area (Å²) >= 11 is 11.4. The lowest BCUT2D eigenvalue weighted by Crippen LogP contribution is -2.14. The van der Waals surface area contributed by atoms with Gasteiger partial charge < -0.3 is 5.32 Å². The normalized spacial score (nSPS) is 10.1. The lowest BCUT2D eigenvalue weighted by atomic mass is 10.4. The molecular formula is C7H4Cl2N6O. The van der Waals surface area contributed by atoms with Crippen LogP contribution in [0.25, 0.3) is 0 Å². The number of H-pyrrole nitrogens is 1. The maximum Gasteiger partial charge on any atom is 0.279 e. The minimum atomic E-state index is -0.495. The predicted molar refractivity (Wildman–Crippen MR) is 56.4 cm³/mol. The third-order valence-electron chi connectivity index (χ3n) is 1.63. The zero-order chi connectivity index (χ0) is 11.5. The highest BCUT2D eigenvalue weighted by Gasteiger charge is 2.13. The van der Waals surface area contributed by atoms with Crippen LogP contribution >= 0.6 is 23.2 Å². The van der Waals surface area contributed by atoms with Gasteiger partial charge in [0.05, 0.1) is 6.20 Å². The van der Waals surface area contributed by atoms with E-state index in [1.807, 2.05) is 0 Å². The van der Waals surface area contributed by atoms with E-state index >= 15 is 0 Å². The van der Waals surface area contributed by atoms with Crippen LogP contribution in [0, 0.1) is 0 Å². The van der Waals surface area contributed by atoms with Gasteiger partial charge in [-0.15, -0.1) is 0 Å². The molecule has 9 heteroatoms. The first-order chi connectivity index (χ1) is 7.68. The van der Waals surface area contributed by atoms with Crippen LogP contribution in [0.15, 0.2) is 12.5 Å². The quantitative estimate of drug-likeness (QED) is 0.788. The summed E-state index contributed by atoms with van der Waals surface area (Å²) < 4.78 is 0. The number of carbonyl (C=O) groups is 1. The van der Waals surface area contributed by atoms with Crippen LogP contribution in [-0.2, 0) is 0 Å². The van der Waals surface area contributed by atoms with Crippen LogP contribution in [-0.4, -0.2) is 31.3 Å². The second-order valence-electron chi connectivity index (χ2n) is 2.64. The fourth-order valence-corrected chi connectivity index (χ4v) is 1.20. The Bertz CT molecular complexity index is 514. The van der Waals surface area contributed by atoms with E-state index in [1.54, 1.807) is 0 Å². The van der Waals surface area contributed by atoms with Crippen LogP contribution < -0.4 is 5.32 Å². The Kier molecular flexibility index (Phi) is 2.97. The van der Waals surface area contributed by atoms with Gasteiger partial charge >= 0.3 is 0 Å².